The lowest BCUT2D eigenvalue weighted by Gasteiger charge is -2.28. The topological polar surface area (TPSA) is 13.1 Å². The van der Waals surface area contributed by atoms with Crippen LogP contribution in [0.3, 0.4) is 0 Å². The molecule has 0 spiro atoms. The minimum absolute atomic E-state index is 1.09. The Morgan fingerprint density at radius 3 is 1.38 bits per heavy atom. The fourth-order valence-electron chi connectivity index (χ4n) is 8.65. The van der Waals surface area contributed by atoms with Gasteiger partial charge < -0.3 is 14.0 Å². The molecule has 0 aliphatic rings. The van der Waals surface area contributed by atoms with Crippen molar-refractivity contribution < 1.29 is 0 Å². The molecule has 3 nitrogen and oxygen atoms in total. The molecule has 0 aliphatic heterocycles. The number of para-hydroxylation sites is 4. The van der Waals surface area contributed by atoms with Gasteiger partial charge in [-0.05, 0) is 89.3 Å². The highest BCUT2D eigenvalue weighted by Crippen LogP contribution is 2.48. The number of benzene rings is 9. The van der Waals surface area contributed by atoms with E-state index in [1.165, 1.54) is 65.5 Å². The molecule has 0 atom stereocenters. The highest BCUT2D eigenvalue weighted by molar-refractivity contribution is 6.24. The lowest BCUT2D eigenvalue weighted by Crippen LogP contribution is -2.11. The molecule has 55 heavy (non-hydrogen) atoms. The van der Waals surface area contributed by atoms with E-state index in [9.17, 15) is 0 Å². The third-order valence-corrected chi connectivity index (χ3v) is 11.1. The maximum absolute atomic E-state index is 2.47. The first kappa shape index (κ1) is 31.2. The van der Waals surface area contributed by atoms with Gasteiger partial charge in [0.25, 0.3) is 0 Å². The zero-order valence-corrected chi connectivity index (χ0v) is 30.0. The van der Waals surface area contributed by atoms with E-state index >= 15 is 0 Å². The zero-order valence-electron chi connectivity index (χ0n) is 30.0. The van der Waals surface area contributed by atoms with E-state index in [2.05, 4.69) is 226 Å². The van der Waals surface area contributed by atoms with Crippen LogP contribution < -0.4 is 4.90 Å². The van der Waals surface area contributed by atoms with Crippen molar-refractivity contribution >= 4 is 71.4 Å². The van der Waals surface area contributed by atoms with Crippen LogP contribution in [0.2, 0.25) is 0 Å². The SMILES string of the molecule is c1ccc(-c2ccc(N(c3ccc(-n4c5ccccc5c5ccccc54)cc3)c3c4ccccc4cc4c3c3ccccc3n4-c3ccccc3)cc2)cc1. The van der Waals surface area contributed by atoms with Crippen LogP contribution in [0, 0.1) is 0 Å². The van der Waals surface area contributed by atoms with Crippen molar-refractivity contribution in [2.45, 2.75) is 0 Å². The van der Waals surface area contributed by atoms with Gasteiger partial charge >= 0.3 is 0 Å². The summed E-state index contributed by atoms with van der Waals surface area (Å²) in [5.41, 5.74) is 12.8. The van der Waals surface area contributed by atoms with Gasteiger partial charge in [0, 0.05) is 49.7 Å². The minimum atomic E-state index is 1.09. The third kappa shape index (κ3) is 4.98. The van der Waals surface area contributed by atoms with Crippen molar-refractivity contribution in [1.82, 2.24) is 9.13 Å². The van der Waals surface area contributed by atoms with Crippen molar-refractivity contribution in [1.29, 1.82) is 0 Å². The molecule has 0 bridgehead atoms. The molecule has 0 N–H and O–H groups in total. The minimum Gasteiger partial charge on any atom is -0.309 e. The Morgan fingerprint density at radius 1 is 0.309 bits per heavy atom. The molecule has 0 fully saturated rings. The van der Waals surface area contributed by atoms with E-state index in [0.29, 0.717) is 0 Å². The number of fused-ring (bicyclic) bond motifs is 7. The molecule has 258 valence electrons. The van der Waals surface area contributed by atoms with Crippen LogP contribution in [-0.4, -0.2) is 9.13 Å². The first-order valence-electron chi connectivity index (χ1n) is 18.9. The van der Waals surface area contributed by atoms with Crippen LogP contribution in [0.1, 0.15) is 0 Å². The molecule has 11 rings (SSSR count). The fraction of sp³-hybridized carbons (Fsp3) is 0. The second-order valence-corrected chi connectivity index (χ2v) is 14.2. The van der Waals surface area contributed by atoms with E-state index in [1.54, 1.807) is 0 Å². The standard InChI is InChI=1S/C52H35N3/c1-3-15-36(16-4-1)37-27-29-40(30-28-37)53(41-31-33-42(34-32-41)54-47-24-12-9-21-44(47)45-22-10-13-25-48(45)54)52-43-20-8-7-17-38(43)35-50-51(52)46-23-11-14-26-49(46)55(50)39-18-5-2-6-19-39/h1-35H. The lowest BCUT2D eigenvalue weighted by molar-refractivity contribution is 1.17. The second-order valence-electron chi connectivity index (χ2n) is 14.2. The largest absolute Gasteiger partial charge is 0.309 e. The molecule has 9 aromatic carbocycles. The van der Waals surface area contributed by atoms with E-state index < -0.39 is 0 Å². The van der Waals surface area contributed by atoms with Crippen molar-refractivity contribution in [3.8, 4) is 22.5 Å². The Bertz CT molecular complexity index is 3120. The van der Waals surface area contributed by atoms with Gasteiger partial charge in [0.05, 0.1) is 27.8 Å². The number of hydrogen-bond acceptors (Lipinski definition) is 1. The van der Waals surface area contributed by atoms with Crippen LogP contribution in [0.5, 0.6) is 0 Å². The molecule has 0 radical (unpaired) electrons. The molecular weight excluding hydrogens is 667 g/mol. The van der Waals surface area contributed by atoms with E-state index in [0.717, 1.165) is 28.4 Å². The van der Waals surface area contributed by atoms with Crippen LogP contribution in [0.25, 0.3) is 76.9 Å². The number of rotatable bonds is 6. The quantitative estimate of drug-likeness (QED) is 0.168. The van der Waals surface area contributed by atoms with E-state index in [4.69, 9.17) is 0 Å². The molecular formula is C52H35N3. The van der Waals surface area contributed by atoms with Crippen LogP contribution >= 0.6 is 0 Å². The summed E-state index contributed by atoms with van der Waals surface area (Å²) in [5.74, 6) is 0. The summed E-state index contributed by atoms with van der Waals surface area (Å²) in [7, 11) is 0. The maximum atomic E-state index is 2.47. The van der Waals surface area contributed by atoms with Crippen LogP contribution in [0.4, 0.5) is 17.1 Å². The monoisotopic (exact) mass is 701 g/mol. The Hall–Kier alpha value is -7.36. The maximum Gasteiger partial charge on any atom is 0.0640 e. The number of anilines is 3. The lowest BCUT2D eigenvalue weighted by atomic mass is 10.00. The van der Waals surface area contributed by atoms with Crippen molar-refractivity contribution in [2.24, 2.45) is 0 Å². The van der Waals surface area contributed by atoms with Gasteiger partial charge in [-0.25, -0.2) is 0 Å². The van der Waals surface area contributed by atoms with E-state index in [1.807, 2.05) is 0 Å². The van der Waals surface area contributed by atoms with Crippen molar-refractivity contribution in [3.63, 3.8) is 0 Å². The molecule has 0 amide bonds. The Labute approximate surface area is 319 Å². The molecule has 3 heteroatoms. The van der Waals surface area contributed by atoms with Gasteiger partial charge in [0.1, 0.15) is 0 Å². The fourth-order valence-corrected chi connectivity index (χ4v) is 8.65. The Balaban J connectivity index is 1.19. The number of aromatic nitrogens is 2. The molecule has 11 aromatic rings. The predicted octanol–water partition coefficient (Wildman–Crippen LogP) is 14.2. The highest BCUT2D eigenvalue weighted by Gasteiger charge is 2.24. The van der Waals surface area contributed by atoms with Crippen molar-refractivity contribution in [2.75, 3.05) is 4.90 Å². The third-order valence-electron chi connectivity index (χ3n) is 11.1. The summed E-state index contributed by atoms with van der Waals surface area (Å²) in [6.45, 7) is 0. The highest BCUT2D eigenvalue weighted by atomic mass is 15.2. The molecule has 0 unspecified atom stereocenters. The molecule has 2 heterocycles. The number of nitrogens with zero attached hydrogens (tertiary/aromatic N) is 3. The molecule has 0 aliphatic carbocycles. The summed E-state index contributed by atoms with van der Waals surface area (Å²) in [4.78, 5) is 2.47. The van der Waals surface area contributed by atoms with Gasteiger partial charge in [-0.15, -0.1) is 0 Å². The summed E-state index contributed by atoms with van der Waals surface area (Å²) in [5, 5.41) is 7.35. The first-order valence-corrected chi connectivity index (χ1v) is 18.9. The first-order chi connectivity index (χ1) is 27.3. The van der Waals surface area contributed by atoms with Crippen molar-refractivity contribution in [3.05, 3.63) is 212 Å². The number of hydrogen-bond donors (Lipinski definition) is 0. The zero-order chi connectivity index (χ0) is 36.3. The Morgan fingerprint density at radius 2 is 0.745 bits per heavy atom. The van der Waals surface area contributed by atoms with Gasteiger partial charge in [-0.2, -0.15) is 0 Å². The molecule has 0 saturated carbocycles. The summed E-state index contributed by atoms with van der Waals surface area (Å²) < 4.78 is 4.81. The summed E-state index contributed by atoms with van der Waals surface area (Å²) in [6.07, 6.45) is 0. The average Bonchev–Trinajstić information content (AvgIpc) is 3.77. The molecule has 2 aromatic heterocycles. The summed E-state index contributed by atoms with van der Waals surface area (Å²) in [6, 6.07) is 76.9. The normalized spacial score (nSPS) is 11.6. The predicted molar refractivity (Wildman–Crippen MR) is 233 cm³/mol. The van der Waals surface area contributed by atoms with Crippen LogP contribution in [-0.2, 0) is 0 Å². The second kappa shape index (κ2) is 12.6. The van der Waals surface area contributed by atoms with E-state index in [-0.39, 0.29) is 0 Å². The van der Waals surface area contributed by atoms with Gasteiger partial charge in [-0.1, -0.05) is 140 Å². The molecule has 0 saturated heterocycles. The Kier molecular flexibility index (Phi) is 7.17. The van der Waals surface area contributed by atoms with Gasteiger partial charge in [0.2, 0.25) is 0 Å². The summed E-state index contributed by atoms with van der Waals surface area (Å²) >= 11 is 0. The smallest absolute Gasteiger partial charge is 0.0640 e. The van der Waals surface area contributed by atoms with Gasteiger partial charge in [-0.3, -0.25) is 0 Å². The van der Waals surface area contributed by atoms with Crippen LogP contribution in [0.15, 0.2) is 212 Å². The van der Waals surface area contributed by atoms with Gasteiger partial charge in [0.15, 0.2) is 0 Å². The average molecular weight is 702 g/mol.